The minimum Gasteiger partial charge on any atom is -0.457 e. The molecule has 0 aliphatic rings. The minimum absolute atomic E-state index is 0.104. The predicted octanol–water partition coefficient (Wildman–Crippen LogP) is 2.34. The third kappa shape index (κ3) is 4.89. The molecule has 0 fully saturated rings. The Balaban J connectivity index is 1.95. The number of nitrogens with two attached hydrogens (primary N) is 1. The molecule has 5 nitrogen and oxygen atoms in total. The molecule has 5 heteroatoms. The fourth-order valence-corrected chi connectivity index (χ4v) is 1.82. The smallest absolute Gasteiger partial charge is 0.251 e. The fraction of sp³-hybridized carbons (Fsp3) is 0.250. The van der Waals surface area contributed by atoms with Crippen molar-refractivity contribution in [3.8, 4) is 11.5 Å². The van der Waals surface area contributed by atoms with Crippen LogP contribution in [0.2, 0.25) is 0 Å². The summed E-state index contributed by atoms with van der Waals surface area (Å²) < 4.78 is 5.68. The number of pyridine rings is 1. The van der Waals surface area contributed by atoms with Crippen molar-refractivity contribution in [2.24, 2.45) is 5.73 Å². The summed E-state index contributed by atoms with van der Waals surface area (Å²) in [6, 6.07) is 10.6. The van der Waals surface area contributed by atoms with Crippen molar-refractivity contribution in [3.63, 3.8) is 0 Å². The summed E-state index contributed by atoms with van der Waals surface area (Å²) in [5, 5.41) is 2.86. The van der Waals surface area contributed by atoms with Crippen molar-refractivity contribution in [3.05, 3.63) is 54.4 Å². The van der Waals surface area contributed by atoms with E-state index in [0.29, 0.717) is 30.2 Å². The summed E-state index contributed by atoms with van der Waals surface area (Å²) in [6.07, 6.45) is 5.10. The van der Waals surface area contributed by atoms with Gasteiger partial charge in [-0.2, -0.15) is 0 Å². The van der Waals surface area contributed by atoms with Gasteiger partial charge in [-0.05, 0) is 49.7 Å². The van der Waals surface area contributed by atoms with Gasteiger partial charge in [0.1, 0.15) is 11.5 Å². The van der Waals surface area contributed by atoms with Gasteiger partial charge in [0.05, 0.1) is 0 Å². The second-order valence-corrected chi connectivity index (χ2v) is 4.56. The Morgan fingerprint density at radius 1 is 1.14 bits per heavy atom. The Morgan fingerprint density at radius 3 is 2.71 bits per heavy atom. The summed E-state index contributed by atoms with van der Waals surface area (Å²) in [6.45, 7) is 1.27. The Morgan fingerprint density at radius 2 is 1.95 bits per heavy atom. The van der Waals surface area contributed by atoms with E-state index in [1.807, 2.05) is 6.07 Å². The average molecular weight is 285 g/mol. The van der Waals surface area contributed by atoms with Gasteiger partial charge < -0.3 is 15.8 Å². The topological polar surface area (TPSA) is 77.2 Å². The van der Waals surface area contributed by atoms with Gasteiger partial charge in [-0.15, -0.1) is 0 Å². The normalized spacial score (nSPS) is 10.1. The van der Waals surface area contributed by atoms with Crippen molar-refractivity contribution in [1.29, 1.82) is 0 Å². The molecule has 0 atom stereocenters. The molecule has 1 amide bonds. The molecule has 3 N–H and O–H groups in total. The molecule has 0 aliphatic heterocycles. The largest absolute Gasteiger partial charge is 0.457 e. The van der Waals surface area contributed by atoms with Crippen LogP contribution in [0.5, 0.6) is 11.5 Å². The second kappa shape index (κ2) is 8.01. The molecule has 21 heavy (non-hydrogen) atoms. The van der Waals surface area contributed by atoms with Gasteiger partial charge in [0.15, 0.2) is 0 Å². The summed E-state index contributed by atoms with van der Waals surface area (Å²) in [5.74, 6) is 1.20. The third-order valence-electron chi connectivity index (χ3n) is 2.90. The van der Waals surface area contributed by atoms with Crippen LogP contribution in [0.15, 0.2) is 48.8 Å². The number of rotatable bonds is 7. The maximum Gasteiger partial charge on any atom is 0.251 e. The van der Waals surface area contributed by atoms with Crippen molar-refractivity contribution in [2.45, 2.75) is 12.8 Å². The van der Waals surface area contributed by atoms with Crippen LogP contribution in [-0.2, 0) is 0 Å². The number of benzene rings is 1. The number of nitrogens with one attached hydrogen (secondary N) is 1. The number of ether oxygens (including phenoxy) is 1. The number of carbonyl (C=O) groups excluding carboxylic acids is 1. The zero-order valence-corrected chi connectivity index (χ0v) is 11.8. The molecular formula is C16H19N3O2. The molecule has 0 spiro atoms. The minimum atomic E-state index is -0.104. The zero-order chi connectivity index (χ0) is 14.9. The fourth-order valence-electron chi connectivity index (χ4n) is 1.82. The zero-order valence-electron chi connectivity index (χ0n) is 11.8. The Kier molecular flexibility index (Phi) is 5.72. The maximum atomic E-state index is 12.0. The summed E-state index contributed by atoms with van der Waals surface area (Å²) in [7, 11) is 0. The van der Waals surface area contributed by atoms with E-state index < -0.39 is 0 Å². The van der Waals surface area contributed by atoms with E-state index in [-0.39, 0.29) is 5.91 Å². The lowest BCUT2D eigenvalue weighted by atomic mass is 10.2. The van der Waals surface area contributed by atoms with Crippen LogP contribution in [0.3, 0.4) is 0 Å². The first kappa shape index (κ1) is 15.0. The molecule has 0 saturated heterocycles. The van der Waals surface area contributed by atoms with Gasteiger partial charge in [-0.3, -0.25) is 9.78 Å². The van der Waals surface area contributed by atoms with E-state index in [2.05, 4.69) is 10.3 Å². The van der Waals surface area contributed by atoms with Gasteiger partial charge in [-0.25, -0.2) is 0 Å². The quantitative estimate of drug-likeness (QED) is 0.765. The highest BCUT2D eigenvalue weighted by molar-refractivity contribution is 5.94. The third-order valence-corrected chi connectivity index (χ3v) is 2.90. The number of nitrogens with zero attached hydrogens (tertiary/aromatic N) is 1. The predicted molar refractivity (Wildman–Crippen MR) is 81.4 cm³/mol. The summed E-state index contributed by atoms with van der Waals surface area (Å²) >= 11 is 0. The van der Waals surface area contributed by atoms with Crippen LogP contribution in [0.4, 0.5) is 0 Å². The van der Waals surface area contributed by atoms with E-state index in [9.17, 15) is 4.79 Å². The Bertz CT molecular complexity index is 573. The number of carbonyl (C=O) groups is 1. The van der Waals surface area contributed by atoms with E-state index in [1.54, 1.807) is 42.7 Å². The number of hydrogen-bond donors (Lipinski definition) is 2. The van der Waals surface area contributed by atoms with E-state index in [1.165, 1.54) is 0 Å². The van der Waals surface area contributed by atoms with E-state index >= 15 is 0 Å². The Labute approximate surface area is 124 Å². The van der Waals surface area contributed by atoms with Crippen LogP contribution >= 0.6 is 0 Å². The standard InChI is InChI=1S/C16H19N3O2/c17-8-1-2-9-19-16(20)13-4-3-5-15(12-13)21-14-6-10-18-11-7-14/h3-7,10-12H,1-2,8-9,17H2,(H,19,20). The lowest BCUT2D eigenvalue weighted by Gasteiger charge is -2.08. The number of hydrogen-bond acceptors (Lipinski definition) is 4. The molecule has 0 aliphatic carbocycles. The van der Waals surface area contributed by atoms with E-state index in [4.69, 9.17) is 10.5 Å². The van der Waals surface area contributed by atoms with Gasteiger partial charge in [0, 0.05) is 24.5 Å². The molecule has 1 heterocycles. The number of aromatic nitrogens is 1. The van der Waals surface area contributed by atoms with Crippen LogP contribution < -0.4 is 15.8 Å². The lowest BCUT2D eigenvalue weighted by molar-refractivity contribution is 0.0952. The molecule has 2 aromatic rings. The van der Waals surface area contributed by atoms with Crippen LogP contribution in [-0.4, -0.2) is 24.0 Å². The number of amides is 1. The van der Waals surface area contributed by atoms with Crippen molar-refractivity contribution < 1.29 is 9.53 Å². The number of unbranched alkanes of at least 4 members (excludes halogenated alkanes) is 1. The van der Waals surface area contributed by atoms with Crippen molar-refractivity contribution in [2.75, 3.05) is 13.1 Å². The molecule has 1 aromatic heterocycles. The first-order valence-corrected chi connectivity index (χ1v) is 6.96. The van der Waals surface area contributed by atoms with Crippen molar-refractivity contribution >= 4 is 5.91 Å². The van der Waals surface area contributed by atoms with Gasteiger partial charge in [0.2, 0.25) is 0 Å². The highest BCUT2D eigenvalue weighted by atomic mass is 16.5. The van der Waals surface area contributed by atoms with Crippen molar-refractivity contribution in [1.82, 2.24) is 10.3 Å². The highest BCUT2D eigenvalue weighted by Crippen LogP contribution is 2.21. The van der Waals surface area contributed by atoms with Crippen LogP contribution in [0.1, 0.15) is 23.2 Å². The molecule has 0 saturated carbocycles. The molecule has 2 rings (SSSR count). The lowest BCUT2D eigenvalue weighted by Crippen LogP contribution is -2.24. The van der Waals surface area contributed by atoms with Gasteiger partial charge in [-0.1, -0.05) is 6.07 Å². The molecule has 110 valence electrons. The molecular weight excluding hydrogens is 266 g/mol. The average Bonchev–Trinajstić information content (AvgIpc) is 2.53. The van der Waals surface area contributed by atoms with Crippen LogP contribution in [0.25, 0.3) is 0 Å². The molecule has 0 unspecified atom stereocenters. The highest BCUT2D eigenvalue weighted by Gasteiger charge is 2.06. The Hall–Kier alpha value is -2.40. The summed E-state index contributed by atoms with van der Waals surface area (Å²) in [5.41, 5.74) is 5.99. The summed E-state index contributed by atoms with van der Waals surface area (Å²) in [4.78, 5) is 15.9. The first-order chi connectivity index (χ1) is 10.3. The van der Waals surface area contributed by atoms with Crippen LogP contribution in [0, 0.1) is 0 Å². The maximum absolute atomic E-state index is 12.0. The molecule has 0 bridgehead atoms. The van der Waals surface area contributed by atoms with Gasteiger partial charge >= 0.3 is 0 Å². The first-order valence-electron chi connectivity index (χ1n) is 6.96. The monoisotopic (exact) mass is 285 g/mol. The van der Waals surface area contributed by atoms with Gasteiger partial charge in [0.25, 0.3) is 5.91 Å². The molecule has 1 aromatic carbocycles. The molecule has 0 radical (unpaired) electrons. The second-order valence-electron chi connectivity index (χ2n) is 4.56. The van der Waals surface area contributed by atoms with E-state index in [0.717, 1.165) is 12.8 Å². The SMILES string of the molecule is NCCCCNC(=O)c1cccc(Oc2ccncc2)c1.